The summed E-state index contributed by atoms with van der Waals surface area (Å²) in [5.41, 5.74) is -7.37. The van der Waals surface area contributed by atoms with E-state index in [1.54, 1.807) is 18.2 Å². The maximum atomic E-state index is 13.2. The van der Waals surface area contributed by atoms with Crippen LogP contribution in [0.2, 0.25) is 0 Å². The van der Waals surface area contributed by atoms with Gasteiger partial charge in [0.25, 0.3) is 0 Å². The molecule has 0 aliphatic heterocycles. The minimum absolute atomic E-state index is 0.0827. The minimum Gasteiger partial charge on any atom is -0.459 e. The van der Waals surface area contributed by atoms with Crippen LogP contribution < -0.4 is 0 Å². The Kier molecular flexibility index (Phi) is 7.52. The monoisotopic (exact) mass is 442 g/mol. The number of rotatable bonds is 10. The van der Waals surface area contributed by atoms with E-state index in [2.05, 4.69) is 0 Å². The van der Waals surface area contributed by atoms with Crippen molar-refractivity contribution < 1.29 is 44.0 Å². The van der Waals surface area contributed by atoms with Crippen LogP contribution >= 0.6 is 0 Å². The third kappa shape index (κ3) is 4.40. The van der Waals surface area contributed by atoms with Crippen molar-refractivity contribution in [2.75, 3.05) is 6.61 Å². The second-order valence-electron chi connectivity index (χ2n) is 7.09. The summed E-state index contributed by atoms with van der Waals surface area (Å²) in [7, 11) is 0. The maximum absolute atomic E-state index is 13.2. The highest BCUT2D eigenvalue weighted by Crippen LogP contribution is 2.33. The average molecular weight is 442 g/mol. The Morgan fingerprint density at radius 2 is 1.31 bits per heavy atom. The quantitative estimate of drug-likeness (QED) is 0.204. The predicted octanol–water partition coefficient (Wildman–Crippen LogP) is 0.296. The highest BCUT2D eigenvalue weighted by atomic mass is 16.5. The minimum atomic E-state index is -3.63. The molecular weight excluding hydrogens is 420 g/mol. The summed E-state index contributed by atoms with van der Waals surface area (Å²) in [6.45, 7) is 0.321. The molecule has 3 atom stereocenters. The number of hydrogen-bond donors (Lipinski definition) is 3. The molecule has 0 spiro atoms. The molecule has 9 heteroatoms. The Bertz CT molecular complexity index is 1030. The number of ketones is 4. The molecule has 32 heavy (non-hydrogen) atoms. The first-order valence-corrected chi connectivity index (χ1v) is 9.49. The molecule has 0 radical (unpaired) electrons. The second kappa shape index (κ2) is 9.73. The van der Waals surface area contributed by atoms with Crippen LogP contribution in [0.1, 0.15) is 34.6 Å². The molecule has 0 amide bonds. The lowest BCUT2D eigenvalue weighted by Gasteiger charge is -2.41. The fourth-order valence-corrected chi connectivity index (χ4v) is 3.16. The number of aliphatic hydroxyl groups excluding tert-OH is 1. The zero-order valence-corrected chi connectivity index (χ0v) is 17.3. The summed E-state index contributed by atoms with van der Waals surface area (Å²) in [5, 5.41) is 32.9. The SMILES string of the molecule is CC(=O)C(=O)C(O)(C(C)=O)C(O)(C(=O)c1ccccc1)C(O)COC(=O)c1ccccc1. The summed E-state index contributed by atoms with van der Waals surface area (Å²) in [6, 6.07) is 14.3. The summed E-state index contributed by atoms with van der Waals surface area (Å²) >= 11 is 0. The number of Topliss-reactive ketones (excluding diaryl/α,β-unsaturated/α-hetero) is 4. The molecule has 0 saturated heterocycles. The van der Waals surface area contributed by atoms with E-state index >= 15 is 0 Å². The molecule has 2 aromatic rings. The normalized spacial score (nSPS) is 15.5. The molecule has 3 unspecified atom stereocenters. The van der Waals surface area contributed by atoms with Gasteiger partial charge in [0.1, 0.15) is 12.7 Å². The Morgan fingerprint density at radius 3 is 1.75 bits per heavy atom. The molecule has 0 aromatic heterocycles. The molecule has 0 fully saturated rings. The fraction of sp³-hybridized carbons (Fsp3) is 0.261. The predicted molar refractivity (Wildman–Crippen MR) is 110 cm³/mol. The van der Waals surface area contributed by atoms with Crippen LogP contribution in [0.5, 0.6) is 0 Å². The van der Waals surface area contributed by atoms with E-state index in [4.69, 9.17) is 4.74 Å². The first-order valence-electron chi connectivity index (χ1n) is 9.49. The summed E-state index contributed by atoms with van der Waals surface area (Å²) in [5.74, 6) is -6.96. The van der Waals surface area contributed by atoms with Crippen molar-refractivity contribution in [3.8, 4) is 0 Å². The van der Waals surface area contributed by atoms with Gasteiger partial charge in [0.05, 0.1) is 5.56 Å². The zero-order valence-electron chi connectivity index (χ0n) is 17.3. The van der Waals surface area contributed by atoms with Crippen molar-refractivity contribution >= 4 is 29.1 Å². The van der Waals surface area contributed by atoms with Crippen LogP contribution in [-0.4, -0.2) is 68.3 Å². The number of carbonyl (C=O) groups excluding carboxylic acids is 5. The number of hydrogen-bond acceptors (Lipinski definition) is 9. The van der Waals surface area contributed by atoms with Crippen LogP contribution in [0.15, 0.2) is 60.7 Å². The van der Waals surface area contributed by atoms with Crippen LogP contribution in [-0.2, 0) is 19.1 Å². The van der Waals surface area contributed by atoms with Crippen molar-refractivity contribution in [1.82, 2.24) is 0 Å². The van der Waals surface area contributed by atoms with Crippen molar-refractivity contribution in [3.63, 3.8) is 0 Å². The highest BCUT2D eigenvalue weighted by molar-refractivity contribution is 6.45. The lowest BCUT2D eigenvalue weighted by atomic mass is 9.69. The van der Waals surface area contributed by atoms with E-state index in [1.807, 2.05) is 0 Å². The van der Waals surface area contributed by atoms with Crippen LogP contribution in [0.3, 0.4) is 0 Å². The highest BCUT2D eigenvalue weighted by Gasteiger charge is 2.67. The molecule has 0 aliphatic rings. The van der Waals surface area contributed by atoms with Gasteiger partial charge in [-0.1, -0.05) is 48.5 Å². The fourth-order valence-electron chi connectivity index (χ4n) is 3.16. The molecule has 3 N–H and O–H groups in total. The first kappa shape index (κ1) is 24.7. The summed E-state index contributed by atoms with van der Waals surface area (Å²) < 4.78 is 4.92. The molecule has 0 aliphatic carbocycles. The van der Waals surface area contributed by atoms with Crippen LogP contribution in [0.25, 0.3) is 0 Å². The van der Waals surface area contributed by atoms with E-state index in [0.29, 0.717) is 6.92 Å². The Morgan fingerprint density at radius 1 is 0.844 bits per heavy atom. The number of esters is 1. The van der Waals surface area contributed by atoms with Gasteiger partial charge in [0.15, 0.2) is 11.6 Å². The van der Waals surface area contributed by atoms with Gasteiger partial charge in [0, 0.05) is 12.5 Å². The molecule has 0 heterocycles. The maximum Gasteiger partial charge on any atom is 0.338 e. The Balaban J connectivity index is 2.53. The van der Waals surface area contributed by atoms with Gasteiger partial charge in [-0.05, 0) is 19.1 Å². The van der Waals surface area contributed by atoms with Gasteiger partial charge in [-0.15, -0.1) is 0 Å². The van der Waals surface area contributed by atoms with E-state index in [9.17, 15) is 39.3 Å². The number of ether oxygens (including phenoxy) is 1. The summed E-state index contributed by atoms with van der Waals surface area (Å²) in [6.07, 6.45) is -2.46. The average Bonchev–Trinajstić information content (AvgIpc) is 2.80. The van der Waals surface area contributed by atoms with E-state index < -0.39 is 53.0 Å². The zero-order chi connectivity index (χ0) is 24.1. The van der Waals surface area contributed by atoms with Crippen molar-refractivity contribution in [2.45, 2.75) is 31.2 Å². The topological polar surface area (TPSA) is 155 Å². The standard InChI is InChI=1S/C23H22O9/c1-14(24)19(27)22(30,15(2)25)23(31,20(28)16-9-5-3-6-10-16)18(26)13-32-21(29)17-11-7-4-8-12-17/h3-12,18,26,30-31H,13H2,1-2H3. The molecule has 9 nitrogen and oxygen atoms in total. The molecule has 2 aromatic carbocycles. The summed E-state index contributed by atoms with van der Waals surface area (Å²) in [4.78, 5) is 61.9. The largest absolute Gasteiger partial charge is 0.459 e. The Labute approximate surface area is 183 Å². The second-order valence-corrected chi connectivity index (χ2v) is 7.09. The Hall–Kier alpha value is -3.53. The first-order chi connectivity index (χ1) is 15.0. The number of carbonyl (C=O) groups is 5. The smallest absolute Gasteiger partial charge is 0.338 e. The van der Waals surface area contributed by atoms with Gasteiger partial charge in [-0.2, -0.15) is 0 Å². The van der Waals surface area contributed by atoms with Crippen molar-refractivity contribution in [3.05, 3.63) is 71.8 Å². The van der Waals surface area contributed by atoms with Crippen molar-refractivity contribution in [1.29, 1.82) is 0 Å². The third-order valence-electron chi connectivity index (χ3n) is 4.96. The molecule has 0 bridgehead atoms. The molecule has 0 saturated carbocycles. The third-order valence-corrected chi connectivity index (χ3v) is 4.96. The van der Waals surface area contributed by atoms with Crippen molar-refractivity contribution in [2.24, 2.45) is 0 Å². The van der Waals surface area contributed by atoms with E-state index in [1.165, 1.54) is 42.5 Å². The van der Waals surface area contributed by atoms with E-state index in [-0.39, 0.29) is 11.1 Å². The van der Waals surface area contributed by atoms with Gasteiger partial charge < -0.3 is 20.1 Å². The van der Waals surface area contributed by atoms with Gasteiger partial charge >= 0.3 is 5.97 Å². The van der Waals surface area contributed by atoms with Crippen LogP contribution in [0.4, 0.5) is 0 Å². The van der Waals surface area contributed by atoms with Gasteiger partial charge in [0.2, 0.25) is 22.8 Å². The lowest BCUT2D eigenvalue weighted by Crippen LogP contribution is -2.73. The van der Waals surface area contributed by atoms with Gasteiger partial charge in [-0.25, -0.2) is 4.79 Å². The number of benzene rings is 2. The van der Waals surface area contributed by atoms with E-state index in [0.717, 1.165) is 6.92 Å². The molecule has 168 valence electrons. The molecular formula is C23H22O9. The lowest BCUT2D eigenvalue weighted by molar-refractivity contribution is -0.192. The van der Waals surface area contributed by atoms with Crippen LogP contribution in [0, 0.1) is 0 Å². The number of aliphatic hydroxyl groups is 3. The molecule has 2 rings (SSSR count). The van der Waals surface area contributed by atoms with Gasteiger partial charge in [-0.3, -0.25) is 19.2 Å².